The van der Waals surface area contributed by atoms with E-state index >= 15 is 0 Å². The van der Waals surface area contributed by atoms with Crippen LogP contribution in [0.3, 0.4) is 0 Å². The lowest BCUT2D eigenvalue weighted by Crippen LogP contribution is -2.43. The van der Waals surface area contributed by atoms with Gasteiger partial charge in [-0.3, -0.25) is 4.90 Å². The summed E-state index contributed by atoms with van der Waals surface area (Å²) < 4.78 is 5.12. The maximum absolute atomic E-state index is 11.6. The monoisotopic (exact) mass is 182 g/mol. The first-order valence-electron chi connectivity index (χ1n) is 4.04. The second-order valence-corrected chi connectivity index (χ2v) is 2.94. The Labute approximate surface area is 78.1 Å². The van der Waals surface area contributed by atoms with Crippen LogP contribution in [0.4, 0.5) is 4.79 Å². The number of amides is 2. The Hall–Kier alpha value is -1.29. The fraction of sp³-hybridized carbons (Fsp3) is 0.444. The summed E-state index contributed by atoms with van der Waals surface area (Å²) >= 11 is 0. The third-order valence-electron chi connectivity index (χ3n) is 1.75. The van der Waals surface area contributed by atoms with Crippen LogP contribution in [0.2, 0.25) is 0 Å². The normalized spacial score (nSPS) is 20.5. The maximum atomic E-state index is 11.6. The molecule has 1 aliphatic rings. The number of nitrogens with zero attached hydrogens (tertiary/aromatic N) is 2. The minimum absolute atomic E-state index is 0.0903. The molecule has 4 heteroatoms. The molecule has 0 bridgehead atoms. The van der Waals surface area contributed by atoms with Gasteiger partial charge in [-0.15, -0.1) is 0 Å². The molecule has 0 saturated heterocycles. The van der Waals surface area contributed by atoms with E-state index in [0.29, 0.717) is 0 Å². The van der Waals surface area contributed by atoms with E-state index in [1.165, 1.54) is 9.80 Å². The van der Waals surface area contributed by atoms with Crippen LogP contribution in [0.5, 0.6) is 0 Å². The number of urea groups is 1. The van der Waals surface area contributed by atoms with E-state index in [9.17, 15) is 4.79 Å². The number of hydrogen-bond donors (Lipinski definition) is 0. The Morgan fingerprint density at radius 1 is 1.46 bits per heavy atom. The molecule has 1 atom stereocenters. The molecule has 1 aliphatic heterocycles. The van der Waals surface area contributed by atoms with Crippen molar-refractivity contribution in [3.63, 3.8) is 0 Å². The fourth-order valence-electron chi connectivity index (χ4n) is 1.07. The van der Waals surface area contributed by atoms with Crippen molar-refractivity contribution in [2.75, 3.05) is 21.2 Å². The lowest BCUT2D eigenvalue weighted by molar-refractivity contribution is 0.0418. The Bertz CT molecular complexity index is 246. The van der Waals surface area contributed by atoms with Crippen LogP contribution >= 0.6 is 0 Å². The van der Waals surface area contributed by atoms with Gasteiger partial charge in [0.05, 0.1) is 0 Å². The third-order valence-corrected chi connectivity index (χ3v) is 1.75. The largest absolute Gasteiger partial charge is 0.357 e. The van der Waals surface area contributed by atoms with E-state index in [4.69, 9.17) is 4.74 Å². The van der Waals surface area contributed by atoms with Gasteiger partial charge in [-0.25, -0.2) is 4.79 Å². The van der Waals surface area contributed by atoms with Gasteiger partial charge in [0, 0.05) is 27.4 Å². The molecule has 0 saturated carbocycles. The molecule has 0 aliphatic carbocycles. The van der Waals surface area contributed by atoms with Crippen molar-refractivity contribution in [2.45, 2.75) is 6.23 Å². The molecule has 72 valence electrons. The highest BCUT2D eigenvalue weighted by Gasteiger charge is 2.21. The van der Waals surface area contributed by atoms with Crippen LogP contribution in [-0.4, -0.2) is 43.3 Å². The van der Waals surface area contributed by atoms with E-state index in [0.717, 1.165) is 0 Å². The Kier molecular flexibility index (Phi) is 3.08. The second kappa shape index (κ2) is 4.09. The van der Waals surface area contributed by atoms with Gasteiger partial charge in [0.1, 0.15) is 0 Å². The molecule has 0 aromatic heterocycles. The van der Waals surface area contributed by atoms with Crippen molar-refractivity contribution in [3.8, 4) is 0 Å². The highest BCUT2D eigenvalue weighted by molar-refractivity contribution is 5.75. The molecule has 0 aromatic carbocycles. The number of carbonyl (C=O) groups is 1. The summed E-state index contributed by atoms with van der Waals surface area (Å²) in [5.41, 5.74) is 0. The van der Waals surface area contributed by atoms with Crippen LogP contribution in [-0.2, 0) is 4.74 Å². The first-order chi connectivity index (χ1) is 6.16. The number of allylic oxidation sites excluding steroid dienone is 2. The zero-order valence-corrected chi connectivity index (χ0v) is 8.10. The average molecular weight is 182 g/mol. The molecule has 0 spiro atoms. The van der Waals surface area contributed by atoms with E-state index in [2.05, 4.69) is 0 Å². The van der Waals surface area contributed by atoms with Gasteiger partial charge in [-0.1, -0.05) is 6.08 Å². The average Bonchev–Trinajstić information content (AvgIpc) is 2.16. The molecule has 0 N–H and O–H groups in total. The van der Waals surface area contributed by atoms with E-state index < -0.39 is 0 Å². The molecule has 1 rings (SSSR count). The van der Waals surface area contributed by atoms with Gasteiger partial charge < -0.3 is 9.64 Å². The van der Waals surface area contributed by atoms with Crippen molar-refractivity contribution >= 4 is 6.03 Å². The first-order valence-corrected chi connectivity index (χ1v) is 4.04. The first kappa shape index (κ1) is 9.80. The summed E-state index contributed by atoms with van der Waals surface area (Å²) in [5, 5.41) is 0. The summed E-state index contributed by atoms with van der Waals surface area (Å²) in [6, 6.07) is -0.0903. The van der Waals surface area contributed by atoms with Gasteiger partial charge in [0.25, 0.3) is 0 Å². The number of methoxy groups -OCH3 is 1. The molecular weight excluding hydrogens is 168 g/mol. The fourth-order valence-corrected chi connectivity index (χ4v) is 1.07. The van der Waals surface area contributed by atoms with Gasteiger partial charge in [-0.2, -0.15) is 0 Å². The molecule has 1 heterocycles. The molecule has 0 fully saturated rings. The van der Waals surface area contributed by atoms with Gasteiger partial charge in [0.15, 0.2) is 6.23 Å². The van der Waals surface area contributed by atoms with Gasteiger partial charge >= 0.3 is 6.03 Å². The van der Waals surface area contributed by atoms with Crippen LogP contribution in [0.25, 0.3) is 0 Å². The molecule has 2 amide bonds. The standard InChI is InChI=1S/C9H14N2O2/c1-10(2)9(12)11-7-5-4-6-8(11)13-3/h4-8H,1-3H3. The minimum atomic E-state index is -0.292. The van der Waals surface area contributed by atoms with Crippen molar-refractivity contribution < 1.29 is 9.53 Å². The highest BCUT2D eigenvalue weighted by Crippen LogP contribution is 2.10. The zero-order chi connectivity index (χ0) is 9.84. The van der Waals surface area contributed by atoms with Crippen LogP contribution < -0.4 is 0 Å². The molecular formula is C9H14N2O2. The molecule has 0 radical (unpaired) electrons. The third kappa shape index (κ3) is 2.09. The van der Waals surface area contributed by atoms with Crippen LogP contribution in [0, 0.1) is 0 Å². The zero-order valence-electron chi connectivity index (χ0n) is 8.10. The highest BCUT2D eigenvalue weighted by atomic mass is 16.5. The molecule has 1 unspecified atom stereocenters. The Morgan fingerprint density at radius 2 is 2.15 bits per heavy atom. The number of carbonyl (C=O) groups excluding carboxylic acids is 1. The topological polar surface area (TPSA) is 32.8 Å². The number of ether oxygens (including phenoxy) is 1. The number of hydrogen-bond acceptors (Lipinski definition) is 2. The van der Waals surface area contributed by atoms with E-state index in [1.54, 1.807) is 33.5 Å². The van der Waals surface area contributed by atoms with E-state index in [-0.39, 0.29) is 12.3 Å². The lowest BCUT2D eigenvalue weighted by Gasteiger charge is -2.29. The summed E-state index contributed by atoms with van der Waals surface area (Å²) in [7, 11) is 4.99. The van der Waals surface area contributed by atoms with Crippen LogP contribution in [0.1, 0.15) is 0 Å². The molecule has 4 nitrogen and oxygen atoms in total. The second-order valence-electron chi connectivity index (χ2n) is 2.94. The minimum Gasteiger partial charge on any atom is -0.357 e. The summed E-state index contributed by atoms with van der Waals surface area (Å²) in [5.74, 6) is 0. The van der Waals surface area contributed by atoms with E-state index in [1.807, 2.05) is 12.2 Å². The molecule has 0 aromatic rings. The maximum Gasteiger partial charge on any atom is 0.325 e. The quantitative estimate of drug-likeness (QED) is 0.606. The SMILES string of the molecule is COC1C=CC=CN1C(=O)N(C)C. The van der Waals surface area contributed by atoms with Gasteiger partial charge in [-0.05, 0) is 12.2 Å². The predicted octanol–water partition coefficient (Wildman–Crippen LogP) is 1.03. The van der Waals surface area contributed by atoms with Crippen molar-refractivity contribution in [3.05, 3.63) is 24.4 Å². The van der Waals surface area contributed by atoms with Crippen molar-refractivity contribution in [2.24, 2.45) is 0 Å². The van der Waals surface area contributed by atoms with Crippen molar-refractivity contribution in [1.82, 2.24) is 9.80 Å². The predicted molar refractivity (Wildman–Crippen MR) is 50.0 cm³/mol. The molecule has 13 heavy (non-hydrogen) atoms. The Balaban J connectivity index is 2.73. The summed E-state index contributed by atoms with van der Waals surface area (Å²) in [6.07, 6.45) is 6.89. The lowest BCUT2D eigenvalue weighted by atomic mass is 10.3. The Morgan fingerprint density at radius 3 is 2.69 bits per heavy atom. The van der Waals surface area contributed by atoms with Crippen molar-refractivity contribution in [1.29, 1.82) is 0 Å². The summed E-state index contributed by atoms with van der Waals surface area (Å²) in [4.78, 5) is 14.6. The smallest absolute Gasteiger partial charge is 0.325 e. The van der Waals surface area contributed by atoms with Crippen LogP contribution in [0.15, 0.2) is 24.4 Å². The summed E-state index contributed by atoms with van der Waals surface area (Å²) in [6.45, 7) is 0. The number of rotatable bonds is 1. The van der Waals surface area contributed by atoms with Gasteiger partial charge in [0.2, 0.25) is 0 Å².